The summed E-state index contributed by atoms with van der Waals surface area (Å²) in [7, 11) is 0. The summed E-state index contributed by atoms with van der Waals surface area (Å²) in [5.74, 6) is -0.114. The molecule has 1 amide bonds. The number of rotatable bonds is 4. The van der Waals surface area contributed by atoms with Crippen LogP contribution in [0.4, 0.5) is 18.3 Å². The zero-order chi connectivity index (χ0) is 17.3. The zero-order valence-electron chi connectivity index (χ0n) is 13.0. The number of amides is 1. The Hall–Kier alpha value is -1.58. The van der Waals surface area contributed by atoms with Gasteiger partial charge in [-0.05, 0) is 37.5 Å². The van der Waals surface area contributed by atoms with Gasteiger partial charge >= 0.3 is 6.18 Å². The van der Waals surface area contributed by atoms with E-state index in [0.29, 0.717) is 21.8 Å². The van der Waals surface area contributed by atoms with Gasteiger partial charge in [0, 0.05) is 12.0 Å². The Morgan fingerprint density at radius 3 is 2.80 bits per heavy atom. The number of aromatic nitrogens is 1. The van der Waals surface area contributed by atoms with Gasteiger partial charge in [-0.15, -0.1) is 12.4 Å². The second-order valence-electron chi connectivity index (χ2n) is 5.81. The molecule has 2 atom stereocenters. The van der Waals surface area contributed by atoms with Crippen LogP contribution in [0.15, 0.2) is 18.2 Å². The predicted molar refractivity (Wildman–Crippen MR) is 92.4 cm³/mol. The Labute approximate surface area is 152 Å². The fraction of sp³-hybridized carbons (Fsp3) is 0.467. The maximum absolute atomic E-state index is 12.2. The smallest absolute Gasteiger partial charge is 0.422 e. The second-order valence-corrected chi connectivity index (χ2v) is 6.84. The van der Waals surface area contributed by atoms with E-state index in [1.165, 1.54) is 23.5 Å². The summed E-state index contributed by atoms with van der Waals surface area (Å²) < 4.78 is 41.9. The van der Waals surface area contributed by atoms with Gasteiger partial charge in [-0.2, -0.15) is 13.2 Å². The molecule has 0 spiro atoms. The first-order chi connectivity index (χ1) is 11.3. The van der Waals surface area contributed by atoms with E-state index in [9.17, 15) is 18.0 Å². The first-order valence-corrected chi connectivity index (χ1v) is 8.28. The number of ether oxygens (including phenoxy) is 1. The molecule has 1 aromatic heterocycles. The van der Waals surface area contributed by atoms with Crippen LogP contribution in [-0.2, 0) is 4.79 Å². The van der Waals surface area contributed by atoms with Gasteiger partial charge in [-0.1, -0.05) is 11.3 Å². The lowest BCUT2D eigenvalue weighted by atomic mass is 10.1. The van der Waals surface area contributed by atoms with Crippen LogP contribution < -0.4 is 15.8 Å². The van der Waals surface area contributed by atoms with Crippen molar-refractivity contribution >= 4 is 45.0 Å². The van der Waals surface area contributed by atoms with Gasteiger partial charge in [0.15, 0.2) is 11.7 Å². The molecule has 1 saturated carbocycles. The summed E-state index contributed by atoms with van der Waals surface area (Å²) in [4.78, 5) is 16.4. The van der Waals surface area contributed by atoms with Crippen molar-refractivity contribution in [3.8, 4) is 5.75 Å². The molecule has 1 aliphatic rings. The highest BCUT2D eigenvalue weighted by atomic mass is 35.5. The molecule has 5 nitrogen and oxygen atoms in total. The van der Waals surface area contributed by atoms with Crippen LogP contribution >= 0.6 is 23.7 Å². The lowest BCUT2D eigenvalue weighted by Crippen LogP contribution is -2.23. The monoisotopic (exact) mass is 395 g/mol. The number of halogens is 4. The van der Waals surface area contributed by atoms with Crippen molar-refractivity contribution < 1.29 is 22.7 Å². The van der Waals surface area contributed by atoms with Gasteiger partial charge in [-0.3, -0.25) is 4.79 Å². The number of hydrogen-bond acceptors (Lipinski definition) is 5. The SMILES string of the molecule is Cl.NC1CCC(C(=O)Nc2nc3ccc(OCC(F)(F)F)cc3s2)C1. The molecule has 1 fully saturated rings. The predicted octanol–water partition coefficient (Wildman–Crippen LogP) is 3.73. The molecule has 0 saturated heterocycles. The molecule has 2 aromatic rings. The van der Waals surface area contributed by atoms with Crippen LogP contribution in [0.2, 0.25) is 0 Å². The van der Waals surface area contributed by atoms with Crippen molar-refractivity contribution in [1.82, 2.24) is 4.98 Å². The van der Waals surface area contributed by atoms with E-state index >= 15 is 0 Å². The van der Waals surface area contributed by atoms with E-state index in [1.807, 2.05) is 0 Å². The fourth-order valence-electron chi connectivity index (χ4n) is 2.68. The minimum Gasteiger partial charge on any atom is -0.484 e. The molecule has 10 heteroatoms. The number of nitrogens with two attached hydrogens (primary N) is 1. The molecule has 1 heterocycles. The molecule has 0 bridgehead atoms. The summed E-state index contributed by atoms with van der Waals surface area (Å²) in [5, 5.41) is 3.18. The van der Waals surface area contributed by atoms with Crippen LogP contribution in [0, 0.1) is 5.92 Å². The highest BCUT2D eigenvalue weighted by molar-refractivity contribution is 7.22. The third-order valence-corrected chi connectivity index (χ3v) is 4.77. The van der Waals surface area contributed by atoms with E-state index < -0.39 is 12.8 Å². The third kappa shape index (κ3) is 5.20. The summed E-state index contributed by atoms with van der Waals surface area (Å²) in [6.07, 6.45) is -2.14. The summed E-state index contributed by atoms with van der Waals surface area (Å²) in [5.41, 5.74) is 6.40. The minimum atomic E-state index is -4.38. The van der Waals surface area contributed by atoms with E-state index in [-0.39, 0.29) is 36.0 Å². The molecule has 3 N–H and O–H groups in total. The zero-order valence-corrected chi connectivity index (χ0v) is 14.6. The maximum atomic E-state index is 12.2. The van der Waals surface area contributed by atoms with Crippen molar-refractivity contribution in [2.45, 2.75) is 31.5 Å². The van der Waals surface area contributed by atoms with Crippen molar-refractivity contribution in [2.24, 2.45) is 11.7 Å². The van der Waals surface area contributed by atoms with Gasteiger partial charge in [0.1, 0.15) is 5.75 Å². The Kier molecular flexibility index (Phi) is 6.12. The highest BCUT2D eigenvalue weighted by Gasteiger charge is 2.29. The highest BCUT2D eigenvalue weighted by Crippen LogP contribution is 2.31. The second kappa shape index (κ2) is 7.76. The number of alkyl halides is 3. The molecule has 0 radical (unpaired) electrons. The average Bonchev–Trinajstić information content (AvgIpc) is 3.09. The third-order valence-electron chi connectivity index (χ3n) is 3.84. The number of thiazole rings is 1. The number of nitrogens with zero attached hydrogens (tertiary/aromatic N) is 1. The van der Waals surface area contributed by atoms with Gasteiger partial charge in [0.2, 0.25) is 5.91 Å². The lowest BCUT2D eigenvalue weighted by Gasteiger charge is -2.08. The topological polar surface area (TPSA) is 77.2 Å². The number of nitrogens with one attached hydrogen (secondary N) is 1. The van der Waals surface area contributed by atoms with Crippen LogP contribution in [-0.4, -0.2) is 29.7 Å². The van der Waals surface area contributed by atoms with Gasteiger partial charge < -0.3 is 15.8 Å². The summed E-state index contributed by atoms with van der Waals surface area (Å²) in [6.45, 7) is -1.34. The number of carbonyl (C=O) groups is 1. The fourth-order valence-corrected chi connectivity index (χ4v) is 3.57. The summed E-state index contributed by atoms with van der Waals surface area (Å²) >= 11 is 1.20. The molecule has 25 heavy (non-hydrogen) atoms. The standard InChI is InChI=1S/C15H16F3N3O2S.ClH/c16-15(17,18)7-23-10-3-4-11-12(6-10)24-14(20-11)21-13(22)8-1-2-9(19)5-8;/h3-4,6,8-9H,1-2,5,7,19H2,(H,20,21,22);1H. The number of anilines is 1. The quantitative estimate of drug-likeness (QED) is 0.827. The Balaban J connectivity index is 0.00000225. The number of fused-ring (bicyclic) bond motifs is 1. The molecule has 138 valence electrons. The summed E-state index contributed by atoms with van der Waals surface area (Å²) in [6, 6.07) is 4.54. The number of carbonyl (C=O) groups excluding carboxylic acids is 1. The van der Waals surface area contributed by atoms with Crippen molar-refractivity contribution in [1.29, 1.82) is 0 Å². The van der Waals surface area contributed by atoms with Crippen molar-refractivity contribution in [2.75, 3.05) is 11.9 Å². The lowest BCUT2D eigenvalue weighted by molar-refractivity contribution is -0.153. The van der Waals surface area contributed by atoms with Crippen LogP contribution in [0.25, 0.3) is 10.2 Å². The minimum absolute atomic E-state index is 0. The van der Waals surface area contributed by atoms with E-state index in [2.05, 4.69) is 10.3 Å². The van der Waals surface area contributed by atoms with E-state index in [1.54, 1.807) is 6.07 Å². The van der Waals surface area contributed by atoms with Gasteiger partial charge in [-0.25, -0.2) is 4.98 Å². The molecule has 3 rings (SSSR count). The number of hydrogen-bond donors (Lipinski definition) is 2. The Morgan fingerprint density at radius 1 is 1.40 bits per heavy atom. The van der Waals surface area contributed by atoms with Gasteiger partial charge in [0.25, 0.3) is 0 Å². The molecule has 1 aromatic carbocycles. The molecule has 2 unspecified atom stereocenters. The molecule has 1 aliphatic carbocycles. The largest absolute Gasteiger partial charge is 0.484 e. The molecular formula is C15H17ClF3N3O2S. The maximum Gasteiger partial charge on any atom is 0.422 e. The first kappa shape index (κ1) is 19.7. The van der Waals surface area contributed by atoms with Crippen molar-refractivity contribution in [3.05, 3.63) is 18.2 Å². The Bertz CT molecular complexity index is 753. The first-order valence-electron chi connectivity index (χ1n) is 7.47. The normalized spacial score (nSPS) is 20.3. The van der Waals surface area contributed by atoms with Crippen LogP contribution in [0.3, 0.4) is 0 Å². The van der Waals surface area contributed by atoms with Gasteiger partial charge in [0.05, 0.1) is 10.2 Å². The molecular weight excluding hydrogens is 379 g/mol. The number of benzene rings is 1. The van der Waals surface area contributed by atoms with Crippen LogP contribution in [0.1, 0.15) is 19.3 Å². The molecule has 0 aliphatic heterocycles. The van der Waals surface area contributed by atoms with Crippen molar-refractivity contribution in [3.63, 3.8) is 0 Å². The Morgan fingerprint density at radius 2 is 2.16 bits per heavy atom. The van der Waals surface area contributed by atoms with E-state index in [0.717, 1.165) is 12.8 Å². The van der Waals surface area contributed by atoms with E-state index in [4.69, 9.17) is 10.5 Å². The van der Waals surface area contributed by atoms with Crippen LogP contribution in [0.5, 0.6) is 5.75 Å². The average molecular weight is 396 g/mol.